The van der Waals surface area contributed by atoms with Crippen molar-refractivity contribution in [3.05, 3.63) is 65.8 Å². The van der Waals surface area contributed by atoms with Crippen molar-refractivity contribution in [1.29, 1.82) is 0 Å². The SMILES string of the molecule is Cn1nccc1CCC(=O)N1CCc2[nH]cnc2[C@@H]1c1cccnc1. The Hall–Kier alpha value is -2.96. The van der Waals surface area contributed by atoms with Crippen LogP contribution >= 0.6 is 0 Å². The smallest absolute Gasteiger partial charge is 0.223 e. The highest BCUT2D eigenvalue weighted by molar-refractivity contribution is 5.77. The van der Waals surface area contributed by atoms with Gasteiger partial charge in [-0.2, -0.15) is 5.10 Å². The fourth-order valence-electron chi connectivity index (χ4n) is 3.45. The van der Waals surface area contributed by atoms with Crippen LogP contribution in [0.15, 0.2) is 43.1 Å². The zero-order valence-electron chi connectivity index (χ0n) is 14.1. The lowest BCUT2D eigenvalue weighted by molar-refractivity contribution is -0.133. The van der Waals surface area contributed by atoms with Crippen molar-refractivity contribution in [2.75, 3.05) is 6.54 Å². The van der Waals surface area contributed by atoms with Crippen LogP contribution in [0.2, 0.25) is 0 Å². The minimum Gasteiger partial charge on any atom is -0.348 e. The Morgan fingerprint density at radius 2 is 2.28 bits per heavy atom. The van der Waals surface area contributed by atoms with Crippen LogP contribution in [0.25, 0.3) is 0 Å². The number of carbonyl (C=O) groups is 1. The van der Waals surface area contributed by atoms with Crippen molar-refractivity contribution in [1.82, 2.24) is 29.6 Å². The van der Waals surface area contributed by atoms with E-state index in [1.165, 1.54) is 0 Å². The number of hydrogen-bond acceptors (Lipinski definition) is 4. The second-order valence-electron chi connectivity index (χ2n) is 6.24. The predicted octanol–water partition coefficient (Wildman–Crippen LogP) is 1.65. The quantitative estimate of drug-likeness (QED) is 0.785. The van der Waals surface area contributed by atoms with Crippen LogP contribution in [0, 0.1) is 0 Å². The molecule has 4 rings (SSSR count). The third-order valence-electron chi connectivity index (χ3n) is 4.76. The van der Waals surface area contributed by atoms with Crippen LogP contribution in [-0.2, 0) is 24.7 Å². The van der Waals surface area contributed by atoms with Crippen LogP contribution in [-0.4, -0.2) is 42.1 Å². The van der Waals surface area contributed by atoms with E-state index < -0.39 is 0 Å². The molecule has 0 saturated heterocycles. The molecule has 25 heavy (non-hydrogen) atoms. The highest BCUT2D eigenvalue weighted by Crippen LogP contribution is 2.33. The largest absolute Gasteiger partial charge is 0.348 e. The van der Waals surface area contributed by atoms with Gasteiger partial charge in [0.1, 0.15) is 6.04 Å². The molecular weight excluding hydrogens is 316 g/mol. The second kappa shape index (κ2) is 6.51. The summed E-state index contributed by atoms with van der Waals surface area (Å²) in [6.07, 6.45) is 8.95. The van der Waals surface area contributed by atoms with Crippen molar-refractivity contribution < 1.29 is 4.79 Å². The average Bonchev–Trinajstić information content (AvgIpc) is 3.28. The molecule has 1 atom stereocenters. The van der Waals surface area contributed by atoms with Gasteiger partial charge in [0.2, 0.25) is 5.91 Å². The number of imidazole rings is 1. The van der Waals surface area contributed by atoms with Crippen molar-refractivity contribution in [3.63, 3.8) is 0 Å². The van der Waals surface area contributed by atoms with Crippen LogP contribution in [0.5, 0.6) is 0 Å². The molecule has 3 aromatic rings. The number of pyridine rings is 1. The van der Waals surface area contributed by atoms with Gasteiger partial charge >= 0.3 is 0 Å². The number of carbonyl (C=O) groups excluding carboxylic acids is 1. The Morgan fingerprint density at radius 1 is 1.36 bits per heavy atom. The van der Waals surface area contributed by atoms with Gasteiger partial charge in [-0.1, -0.05) is 6.07 Å². The average molecular weight is 336 g/mol. The predicted molar refractivity (Wildman–Crippen MR) is 91.6 cm³/mol. The lowest BCUT2D eigenvalue weighted by Gasteiger charge is -2.35. The number of aromatic nitrogens is 5. The number of H-pyrrole nitrogens is 1. The number of rotatable bonds is 4. The molecule has 0 fully saturated rings. The van der Waals surface area contributed by atoms with Crippen molar-refractivity contribution in [2.24, 2.45) is 7.05 Å². The molecule has 7 heteroatoms. The van der Waals surface area contributed by atoms with Gasteiger partial charge in [0.25, 0.3) is 0 Å². The van der Waals surface area contributed by atoms with Crippen molar-refractivity contribution in [2.45, 2.75) is 25.3 Å². The van der Waals surface area contributed by atoms with Crippen LogP contribution in [0.4, 0.5) is 0 Å². The minimum absolute atomic E-state index is 0.128. The van der Waals surface area contributed by atoms with Crippen molar-refractivity contribution >= 4 is 5.91 Å². The van der Waals surface area contributed by atoms with Gasteiger partial charge in [-0.15, -0.1) is 0 Å². The van der Waals surface area contributed by atoms with Gasteiger partial charge in [0.05, 0.1) is 12.0 Å². The zero-order valence-corrected chi connectivity index (χ0v) is 14.1. The molecule has 0 aliphatic carbocycles. The first kappa shape index (κ1) is 15.6. The third-order valence-corrected chi connectivity index (χ3v) is 4.76. The first-order valence-electron chi connectivity index (χ1n) is 8.42. The number of nitrogens with zero attached hydrogens (tertiary/aromatic N) is 5. The second-order valence-corrected chi connectivity index (χ2v) is 6.24. The summed E-state index contributed by atoms with van der Waals surface area (Å²) in [7, 11) is 1.90. The number of nitrogens with one attached hydrogen (secondary N) is 1. The molecule has 1 aliphatic heterocycles. The molecule has 1 amide bonds. The lowest BCUT2D eigenvalue weighted by atomic mass is 9.96. The number of amides is 1. The van der Waals surface area contributed by atoms with Gasteiger partial charge in [-0.05, 0) is 24.1 Å². The molecule has 7 nitrogen and oxygen atoms in total. The summed E-state index contributed by atoms with van der Waals surface area (Å²) < 4.78 is 1.81. The molecule has 0 unspecified atom stereocenters. The lowest BCUT2D eigenvalue weighted by Crippen LogP contribution is -2.41. The highest BCUT2D eigenvalue weighted by atomic mass is 16.2. The molecular formula is C18H20N6O. The number of fused-ring (bicyclic) bond motifs is 1. The first-order valence-corrected chi connectivity index (χ1v) is 8.42. The molecule has 0 aromatic carbocycles. The molecule has 3 aromatic heterocycles. The van der Waals surface area contributed by atoms with E-state index in [4.69, 9.17) is 0 Å². The zero-order chi connectivity index (χ0) is 17.2. The Bertz CT molecular complexity index is 869. The van der Waals surface area contributed by atoms with E-state index in [1.54, 1.807) is 18.7 Å². The molecule has 0 bridgehead atoms. The number of aromatic amines is 1. The van der Waals surface area contributed by atoms with Gasteiger partial charge in [0, 0.05) is 56.4 Å². The normalized spacial score (nSPS) is 16.7. The standard InChI is InChI=1S/C18H20N6O/c1-23-14(6-9-22-23)4-5-16(25)24-10-7-15-17(21-12-20-15)18(24)13-3-2-8-19-11-13/h2-3,6,8-9,11-12,18H,4-5,7,10H2,1H3,(H,20,21)/t18-/m0/s1. The third kappa shape index (κ3) is 2.93. The maximum atomic E-state index is 13.0. The molecule has 1 aliphatic rings. The molecule has 0 spiro atoms. The van der Waals surface area contributed by atoms with E-state index in [-0.39, 0.29) is 11.9 Å². The van der Waals surface area contributed by atoms with E-state index in [9.17, 15) is 4.79 Å². The Morgan fingerprint density at radius 3 is 3.04 bits per heavy atom. The summed E-state index contributed by atoms with van der Waals surface area (Å²) in [5.41, 5.74) is 4.07. The summed E-state index contributed by atoms with van der Waals surface area (Å²) in [4.78, 5) is 26.8. The number of aryl methyl sites for hydroxylation is 2. The summed E-state index contributed by atoms with van der Waals surface area (Å²) in [5.74, 6) is 0.128. The molecule has 4 heterocycles. The van der Waals surface area contributed by atoms with Crippen LogP contribution in [0.3, 0.4) is 0 Å². The van der Waals surface area contributed by atoms with Gasteiger partial charge in [0.15, 0.2) is 0 Å². The van der Waals surface area contributed by atoms with E-state index in [1.807, 2.05) is 41.0 Å². The topological polar surface area (TPSA) is 79.7 Å². The minimum atomic E-state index is -0.178. The van der Waals surface area contributed by atoms with E-state index in [2.05, 4.69) is 20.1 Å². The molecule has 0 radical (unpaired) electrons. The summed E-state index contributed by atoms with van der Waals surface area (Å²) in [6.45, 7) is 0.680. The Labute approximate surface area is 145 Å². The Balaban J connectivity index is 1.59. The fourth-order valence-corrected chi connectivity index (χ4v) is 3.45. The first-order chi connectivity index (χ1) is 12.2. The van der Waals surface area contributed by atoms with E-state index in [0.29, 0.717) is 19.4 Å². The Kier molecular flexibility index (Phi) is 4.05. The summed E-state index contributed by atoms with van der Waals surface area (Å²) in [5, 5.41) is 4.16. The summed E-state index contributed by atoms with van der Waals surface area (Å²) in [6, 6.07) is 5.67. The number of hydrogen-bond donors (Lipinski definition) is 1. The maximum absolute atomic E-state index is 13.0. The monoisotopic (exact) mass is 336 g/mol. The van der Waals surface area contributed by atoms with E-state index >= 15 is 0 Å². The van der Waals surface area contributed by atoms with Crippen LogP contribution in [0.1, 0.15) is 35.1 Å². The van der Waals surface area contributed by atoms with Crippen LogP contribution < -0.4 is 0 Å². The maximum Gasteiger partial charge on any atom is 0.223 e. The van der Waals surface area contributed by atoms with Gasteiger partial charge < -0.3 is 9.88 Å². The molecule has 0 saturated carbocycles. The van der Waals surface area contributed by atoms with Crippen molar-refractivity contribution in [3.8, 4) is 0 Å². The van der Waals surface area contributed by atoms with Gasteiger partial charge in [-0.3, -0.25) is 14.5 Å². The molecule has 1 N–H and O–H groups in total. The van der Waals surface area contributed by atoms with E-state index in [0.717, 1.165) is 29.1 Å². The summed E-state index contributed by atoms with van der Waals surface area (Å²) >= 11 is 0. The van der Waals surface area contributed by atoms with Gasteiger partial charge in [-0.25, -0.2) is 4.98 Å². The fraction of sp³-hybridized carbons (Fsp3) is 0.333. The molecule has 128 valence electrons. The highest BCUT2D eigenvalue weighted by Gasteiger charge is 2.33.